The van der Waals surface area contributed by atoms with Gasteiger partial charge in [-0.1, -0.05) is 12.1 Å². The van der Waals surface area contributed by atoms with Crippen molar-refractivity contribution in [2.45, 2.75) is 6.04 Å². The van der Waals surface area contributed by atoms with Crippen LogP contribution in [0.15, 0.2) is 48.5 Å². The van der Waals surface area contributed by atoms with Crippen molar-refractivity contribution in [1.82, 2.24) is 10.2 Å². The van der Waals surface area contributed by atoms with E-state index < -0.39 is 4.92 Å². The summed E-state index contributed by atoms with van der Waals surface area (Å²) in [6, 6.07) is 13.8. The van der Waals surface area contributed by atoms with Gasteiger partial charge in [-0.3, -0.25) is 14.9 Å². The maximum atomic E-state index is 12.3. The molecule has 1 amide bonds. The lowest BCUT2D eigenvalue weighted by molar-refractivity contribution is -0.384. The van der Waals surface area contributed by atoms with Crippen LogP contribution in [0.1, 0.15) is 22.0 Å². The molecule has 7 nitrogen and oxygen atoms in total. The summed E-state index contributed by atoms with van der Waals surface area (Å²) < 4.78 is 0. The quantitative estimate of drug-likeness (QED) is 0.609. The zero-order valence-corrected chi connectivity index (χ0v) is 15.5. The number of carbonyl (C=O) groups excluding carboxylic acids is 1. The molecule has 0 unspecified atom stereocenters. The van der Waals surface area contributed by atoms with Gasteiger partial charge in [-0.2, -0.15) is 0 Å². The monoisotopic (exact) mass is 356 g/mol. The molecule has 1 atom stereocenters. The summed E-state index contributed by atoms with van der Waals surface area (Å²) in [5.74, 6) is -0.253. The zero-order chi connectivity index (χ0) is 19.3. The molecule has 0 aliphatic carbocycles. The third-order valence-corrected chi connectivity index (χ3v) is 4.21. The molecule has 0 aromatic heterocycles. The number of non-ortho nitro benzene ring substituents is 1. The van der Waals surface area contributed by atoms with Gasteiger partial charge in [0.25, 0.3) is 11.6 Å². The first-order chi connectivity index (χ1) is 12.3. The minimum Gasteiger partial charge on any atom is -0.378 e. The van der Waals surface area contributed by atoms with E-state index in [1.54, 1.807) is 0 Å². The Bertz CT molecular complexity index is 755. The molecule has 138 valence electrons. The molecule has 0 aliphatic rings. The molecular weight excluding hydrogens is 332 g/mol. The van der Waals surface area contributed by atoms with E-state index >= 15 is 0 Å². The second-order valence-corrected chi connectivity index (χ2v) is 6.48. The van der Waals surface area contributed by atoms with Crippen molar-refractivity contribution in [3.05, 3.63) is 69.8 Å². The van der Waals surface area contributed by atoms with Crippen molar-refractivity contribution in [2.75, 3.05) is 39.6 Å². The highest BCUT2D eigenvalue weighted by Crippen LogP contribution is 2.21. The number of nitro groups is 1. The fourth-order valence-corrected chi connectivity index (χ4v) is 2.62. The number of hydrogen-bond donors (Lipinski definition) is 1. The number of hydrogen-bond acceptors (Lipinski definition) is 5. The lowest BCUT2D eigenvalue weighted by Gasteiger charge is -2.25. The van der Waals surface area contributed by atoms with Crippen molar-refractivity contribution in [1.29, 1.82) is 0 Å². The summed E-state index contributed by atoms with van der Waals surface area (Å²) in [6.07, 6.45) is 0. The molecule has 7 heteroatoms. The van der Waals surface area contributed by atoms with Crippen molar-refractivity contribution >= 4 is 17.3 Å². The second-order valence-electron chi connectivity index (χ2n) is 6.48. The summed E-state index contributed by atoms with van der Waals surface area (Å²) in [6.45, 7) is 0.435. The number of nitrogens with one attached hydrogen (secondary N) is 1. The number of nitro benzene ring substituents is 1. The molecule has 0 radical (unpaired) electrons. The Morgan fingerprint density at radius 3 is 2.08 bits per heavy atom. The van der Waals surface area contributed by atoms with Gasteiger partial charge in [-0.15, -0.1) is 0 Å². The first-order valence-electron chi connectivity index (χ1n) is 8.26. The lowest BCUT2D eigenvalue weighted by atomic mass is 10.0. The van der Waals surface area contributed by atoms with E-state index in [1.807, 2.05) is 50.1 Å². The van der Waals surface area contributed by atoms with Crippen LogP contribution in [0.2, 0.25) is 0 Å². The molecule has 0 aliphatic heterocycles. The van der Waals surface area contributed by atoms with Crippen LogP contribution in [0.5, 0.6) is 0 Å². The topological polar surface area (TPSA) is 78.7 Å². The summed E-state index contributed by atoms with van der Waals surface area (Å²) in [5.41, 5.74) is 2.58. The van der Waals surface area contributed by atoms with E-state index in [-0.39, 0.29) is 17.6 Å². The molecule has 0 spiro atoms. The van der Waals surface area contributed by atoms with Gasteiger partial charge >= 0.3 is 0 Å². The van der Waals surface area contributed by atoms with Crippen LogP contribution >= 0.6 is 0 Å². The van der Waals surface area contributed by atoms with E-state index in [4.69, 9.17) is 0 Å². The largest absolute Gasteiger partial charge is 0.378 e. The smallest absolute Gasteiger partial charge is 0.269 e. The molecule has 2 aromatic rings. The predicted molar refractivity (Wildman–Crippen MR) is 103 cm³/mol. The van der Waals surface area contributed by atoms with Crippen LogP contribution in [-0.4, -0.2) is 50.5 Å². The standard InChI is InChI=1S/C19H24N4O3/c1-21(2)16-9-5-14(6-10-16)18(22(3)4)13-20-19(24)15-7-11-17(12-8-15)23(25)26/h5-12,18H,13H2,1-4H3,(H,20,24)/t18-/m1/s1. The van der Waals surface area contributed by atoms with Gasteiger partial charge in [0.2, 0.25) is 0 Å². The highest BCUT2D eigenvalue weighted by atomic mass is 16.6. The van der Waals surface area contributed by atoms with E-state index in [0.29, 0.717) is 12.1 Å². The Morgan fingerprint density at radius 1 is 1.04 bits per heavy atom. The SMILES string of the molecule is CN(C)c1ccc([C@@H](CNC(=O)c2ccc([N+](=O)[O-])cc2)N(C)C)cc1. The van der Waals surface area contributed by atoms with Crippen molar-refractivity contribution in [3.63, 3.8) is 0 Å². The number of benzene rings is 2. The third-order valence-electron chi connectivity index (χ3n) is 4.21. The number of amides is 1. The van der Waals surface area contributed by atoms with Crippen LogP contribution in [-0.2, 0) is 0 Å². The molecule has 0 heterocycles. The van der Waals surface area contributed by atoms with E-state index in [9.17, 15) is 14.9 Å². The number of rotatable bonds is 7. The Labute approximate surface area is 153 Å². The highest BCUT2D eigenvalue weighted by Gasteiger charge is 2.16. The molecule has 1 N–H and O–H groups in total. The number of carbonyl (C=O) groups is 1. The zero-order valence-electron chi connectivity index (χ0n) is 15.5. The maximum Gasteiger partial charge on any atom is 0.269 e. The molecule has 0 bridgehead atoms. The average Bonchev–Trinajstić information content (AvgIpc) is 2.62. The molecule has 2 rings (SSSR count). The normalized spacial score (nSPS) is 11.9. The van der Waals surface area contributed by atoms with Gasteiger partial charge in [0.15, 0.2) is 0 Å². The van der Waals surface area contributed by atoms with Crippen LogP contribution in [0.3, 0.4) is 0 Å². The van der Waals surface area contributed by atoms with Gasteiger partial charge in [0.05, 0.1) is 11.0 Å². The Hall–Kier alpha value is -2.93. The van der Waals surface area contributed by atoms with E-state index in [2.05, 4.69) is 17.4 Å². The highest BCUT2D eigenvalue weighted by molar-refractivity contribution is 5.94. The van der Waals surface area contributed by atoms with E-state index in [1.165, 1.54) is 24.3 Å². The van der Waals surface area contributed by atoms with Crippen LogP contribution < -0.4 is 10.2 Å². The number of nitrogens with zero attached hydrogens (tertiary/aromatic N) is 3. The molecular formula is C19H24N4O3. The minimum atomic E-state index is -0.485. The summed E-state index contributed by atoms with van der Waals surface area (Å²) in [4.78, 5) is 26.6. The molecule has 0 saturated heterocycles. The first-order valence-corrected chi connectivity index (χ1v) is 8.26. The summed E-state index contributed by atoms with van der Waals surface area (Å²) in [7, 11) is 7.90. The summed E-state index contributed by atoms with van der Waals surface area (Å²) >= 11 is 0. The van der Waals surface area contributed by atoms with Gasteiger partial charge in [-0.25, -0.2) is 0 Å². The molecule has 26 heavy (non-hydrogen) atoms. The third kappa shape index (κ3) is 4.80. The van der Waals surface area contributed by atoms with Crippen molar-refractivity contribution < 1.29 is 9.72 Å². The predicted octanol–water partition coefficient (Wildman–Crippen LogP) is 2.69. The van der Waals surface area contributed by atoms with Crippen molar-refractivity contribution in [2.24, 2.45) is 0 Å². The Morgan fingerprint density at radius 2 is 1.62 bits per heavy atom. The lowest BCUT2D eigenvalue weighted by Crippen LogP contribution is -2.34. The van der Waals surface area contributed by atoms with E-state index in [0.717, 1.165) is 11.3 Å². The van der Waals surface area contributed by atoms with Gasteiger partial charge in [0.1, 0.15) is 0 Å². The van der Waals surface area contributed by atoms with Crippen LogP contribution in [0.4, 0.5) is 11.4 Å². The fraction of sp³-hybridized carbons (Fsp3) is 0.316. The Balaban J connectivity index is 2.05. The number of anilines is 1. The minimum absolute atomic E-state index is 0.0215. The average molecular weight is 356 g/mol. The molecule has 0 saturated carbocycles. The van der Waals surface area contributed by atoms with Gasteiger partial charge in [0, 0.05) is 44.0 Å². The van der Waals surface area contributed by atoms with Crippen LogP contribution in [0, 0.1) is 10.1 Å². The fourth-order valence-electron chi connectivity index (χ4n) is 2.62. The molecule has 2 aromatic carbocycles. The summed E-state index contributed by atoms with van der Waals surface area (Å²) in [5, 5.41) is 13.6. The Kier molecular flexibility index (Phi) is 6.30. The van der Waals surface area contributed by atoms with Gasteiger partial charge in [-0.05, 0) is 43.9 Å². The second kappa shape index (κ2) is 8.44. The van der Waals surface area contributed by atoms with Crippen molar-refractivity contribution in [3.8, 4) is 0 Å². The molecule has 0 fully saturated rings. The van der Waals surface area contributed by atoms with Crippen LogP contribution in [0.25, 0.3) is 0 Å². The first kappa shape index (κ1) is 19.4. The maximum absolute atomic E-state index is 12.3. The van der Waals surface area contributed by atoms with Gasteiger partial charge < -0.3 is 15.1 Å². The number of likely N-dealkylation sites (N-methyl/N-ethyl adjacent to an activating group) is 1.